The standard InChI is InChI=1S/C22H23N3O2S/c26-25(27)20-8-6-19(7-9-20)24-14-12-23(13-15-24)17-22-11-10-21(28-22)16-18-4-2-1-3-5-18/h1-11H,12-17H2. The van der Waals surface area contributed by atoms with Gasteiger partial charge in [-0.3, -0.25) is 15.0 Å². The van der Waals surface area contributed by atoms with Crippen molar-refractivity contribution in [2.24, 2.45) is 0 Å². The van der Waals surface area contributed by atoms with Gasteiger partial charge in [-0.1, -0.05) is 30.3 Å². The normalized spacial score (nSPS) is 14.9. The Hall–Kier alpha value is -2.70. The lowest BCUT2D eigenvalue weighted by atomic mass is 10.1. The molecular weight excluding hydrogens is 370 g/mol. The van der Waals surface area contributed by atoms with Crippen molar-refractivity contribution in [3.63, 3.8) is 0 Å². The van der Waals surface area contributed by atoms with Crippen LogP contribution in [0.4, 0.5) is 11.4 Å². The highest BCUT2D eigenvalue weighted by molar-refractivity contribution is 7.12. The maximum atomic E-state index is 10.8. The van der Waals surface area contributed by atoms with Crippen molar-refractivity contribution in [1.82, 2.24) is 4.90 Å². The van der Waals surface area contributed by atoms with E-state index in [1.165, 1.54) is 15.3 Å². The lowest BCUT2D eigenvalue weighted by Gasteiger charge is -2.35. The van der Waals surface area contributed by atoms with E-state index in [2.05, 4.69) is 52.3 Å². The SMILES string of the molecule is O=[N+]([O-])c1ccc(N2CCN(Cc3ccc(Cc4ccccc4)s3)CC2)cc1. The summed E-state index contributed by atoms with van der Waals surface area (Å²) in [5.74, 6) is 0. The molecule has 0 N–H and O–H groups in total. The van der Waals surface area contributed by atoms with Gasteiger partial charge in [0.15, 0.2) is 0 Å². The van der Waals surface area contributed by atoms with Crippen LogP contribution in [-0.2, 0) is 13.0 Å². The third-order valence-electron chi connectivity index (χ3n) is 5.12. The molecular formula is C22H23N3O2S. The van der Waals surface area contributed by atoms with Crippen LogP contribution in [0, 0.1) is 10.1 Å². The molecule has 1 aliphatic rings. The van der Waals surface area contributed by atoms with E-state index in [0.717, 1.165) is 44.8 Å². The summed E-state index contributed by atoms with van der Waals surface area (Å²) >= 11 is 1.90. The monoisotopic (exact) mass is 393 g/mol. The van der Waals surface area contributed by atoms with Gasteiger partial charge >= 0.3 is 0 Å². The van der Waals surface area contributed by atoms with Crippen molar-refractivity contribution in [2.45, 2.75) is 13.0 Å². The summed E-state index contributed by atoms with van der Waals surface area (Å²) in [6.45, 7) is 4.89. The maximum Gasteiger partial charge on any atom is 0.269 e. The van der Waals surface area contributed by atoms with Crippen LogP contribution in [0.25, 0.3) is 0 Å². The summed E-state index contributed by atoms with van der Waals surface area (Å²) in [6.07, 6.45) is 0.999. The van der Waals surface area contributed by atoms with Crippen LogP contribution in [0.15, 0.2) is 66.7 Å². The minimum absolute atomic E-state index is 0.145. The van der Waals surface area contributed by atoms with Gasteiger partial charge in [0.2, 0.25) is 0 Å². The molecule has 0 unspecified atom stereocenters. The Labute approximate surface area is 169 Å². The lowest BCUT2D eigenvalue weighted by Crippen LogP contribution is -2.45. The van der Waals surface area contributed by atoms with Gasteiger partial charge in [-0.15, -0.1) is 11.3 Å². The van der Waals surface area contributed by atoms with Crippen LogP contribution in [0.1, 0.15) is 15.3 Å². The number of hydrogen-bond acceptors (Lipinski definition) is 5. The first-order chi connectivity index (χ1) is 13.7. The lowest BCUT2D eigenvalue weighted by molar-refractivity contribution is -0.384. The third-order valence-corrected chi connectivity index (χ3v) is 6.19. The number of anilines is 1. The van der Waals surface area contributed by atoms with Crippen LogP contribution in [0.5, 0.6) is 0 Å². The first kappa shape index (κ1) is 18.7. The molecule has 0 spiro atoms. The first-order valence-corrected chi connectivity index (χ1v) is 10.3. The highest BCUT2D eigenvalue weighted by Crippen LogP contribution is 2.24. The van der Waals surface area contributed by atoms with Crippen molar-refractivity contribution in [2.75, 3.05) is 31.1 Å². The molecule has 144 valence electrons. The number of benzene rings is 2. The molecule has 5 nitrogen and oxygen atoms in total. The van der Waals surface area contributed by atoms with Crippen molar-refractivity contribution in [1.29, 1.82) is 0 Å². The van der Waals surface area contributed by atoms with Gasteiger partial charge < -0.3 is 4.90 Å². The fraction of sp³-hybridized carbons (Fsp3) is 0.273. The second kappa shape index (κ2) is 8.54. The van der Waals surface area contributed by atoms with Gasteiger partial charge in [-0.2, -0.15) is 0 Å². The summed E-state index contributed by atoms with van der Waals surface area (Å²) in [5, 5.41) is 10.8. The van der Waals surface area contributed by atoms with Gasteiger partial charge in [-0.05, 0) is 29.8 Å². The van der Waals surface area contributed by atoms with Crippen LogP contribution in [0.3, 0.4) is 0 Å². The molecule has 0 saturated carbocycles. The number of hydrogen-bond donors (Lipinski definition) is 0. The summed E-state index contributed by atoms with van der Waals surface area (Å²) in [4.78, 5) is 18.1. The molecule has 0 amide bonds. The molecule has 3 aromatic rings. The third kappa shape index (κ3) is 4.58. The number of nitro benzene ring substituents is 1. The first-order valence-electron chi connectivity index (χ1n) is 9.51. The van der Waals surface area contributed by atoms with Crippen LogP contribution >= 0.6 is 11.3 Å². The molecule has 1 fully saturated rings. The minimum Gasteiger partial charge on any atom is -0.369 e. The fourth-order valence-electron chi connectivity index (χ4n) is 3.57. The molecule has 2 heterocycles. The van der Waals surface area contributed by atoms with Gasteiger partial charge in [0, 0.05) is 66.7 Å². The number of thiophene rings is 1. The maximum absolute atomic E-state index is 10.8. The van der Waals surface area contributed by atoms with E-state index in [1.807, 2.05) is 23.5 Å². The Kier molecular flexibility index (Phi) is 5.69. The topological polar surface area (TPSA) is 49.6 Å². The molecule has 2 aromatic carbocycles. The summed E-state index contributed by atoms with van der Waals surface area (Å²) in [7, 11) is 0. The number of piperazine rings is 1. The molecule has 0 atom stereocenters. The van der Waals surface area contributed by atoms with Crippen LogP contribution < -0.4 is 4.90 Å². The zero-order chi connectivity index (χ0) is 19.3. The zero-order valence-corrected chi connectivity index (χ0v) is 16.5. The van der Waals surface area contributed by atoms with Gasteiger partial charge in [0.1, 0.15) is 0 Å². The Morgan fingerprint density at radius 1 is 0.857 bits per heavy atom. The predicted octanol–water partition coefficient (Wildman–Crippen LogP) is 4.57. The number of nitro groups is 1. The Balaban J connectivity index is 1.29. The highest BCUT2D eigenvalue weighted by atomic mass is 32.1. The van der Waals surface area contributed by atoms with E-state index in [4.69, 9.17) is 0 Å². The predicted molar refractivity (Wildman–Crippen MR) is 114 cm³/mol. The van der Waals surface area contributed by atoms with E-state index in [9.17, 15) is 10.1 Å². The molecule has 4 rings (SSSR count). The quantitative estimate of drug-likeness (QED) is 0.455. The molecule has 1 saturated heterocycles. The summed E-state index contributed by atoms with van der Waals surface area (Å²) in [6, 6.07) is 22.0. The number of rotatable bonds is 6. The van der Waals surface area contributed by atoms with Crippen LogP contribution in [-0.4, -0.2) is 36.0 Å². The molecule has 28 heavy (non-hydrogen) atoms. The Morgan fingerprint density at radius 2 is 1.54 bits per heavy atom. The van der Waals surface area contributed by atoms with E-state index in [1.54, 1.807) is 12.1 Å². The second-order valence-corrected chi connectivity index (χ2v) is 8.32. The smallest absolute Gasteiger partial charge is 0.269 e. The van der Waals surface area contributed by atoms with E-state index in [0.29, 0.717) is 0 Å². The second-order valence-electron chi connectivity index (χ2n) is 7.07. The highest BCUT2D eigenvalue weighted by Gasteiger charge is 2.18. The van der Waals surface area contributed by atoms with Gasteiger partial charge in [-0.25, -0.2) is 0 Å². The molecule has 0 radical (unpaired) electrons. The molecule has 6 heteroatoms. The Bertz CT molecular complexity index is 916. The summed E-state index contributed by atoms with van der Waals surface area (Å²) < 4.78 is 0. The Morgan fingerprint density at radius 3 is 2.21 bits per heavy atom. The number of nitrogens with zero attached hydrogens (tertiary/aromatic N) is 3. The van der Waals surface area contributed by atoms with E-state index in [-0.39, 0.29) is 10.6 Å². The summed E-state index contributed by atoms with van der Waals surface area (Å²) in [5.41, 5.74) is 2.56. The van der Waals surface area contributed by atoms with Crippen LogP contribution in [0.2, 0.25) is 0 Å². The molecule has 0 bridgehead atoms. The van der Waals surface area contributed by atoms with Crippen molar-refractivity contribution in [3.8, 4) is 0 Å². The van der Waals surface area contributed by atoms with Crippen molar-refractivity contribution in [3.05, 3.63) is 92.2 Å². The largest absolute Gasteiger partial charge is 0.369 e. The van der Waals surface area contributed by atoms with Crippen molar-refractivity contribution >= 4 is 22.7 Å². The molecule has 1 aliphatic heterocycles. The van der Waals surface area contributed by atoms with Crippen molar-refractivity contribution < 1.29 is 4.92 Å². The van der Waals surface area contributed by atoms with Gasteiger partial charge in [0.25, 0.3) is 5.69 Å². The minimum atomic E-state index is -0.352. The molecule has 1 aromatic heterocycles. The fourth-order valence-corrected chi connectivity index (χ4v) is 4.66. The zero-order valence-electron chi connectivity index (χ0n) is 15.7. The number of non-ortho nitro benzene ring substituents is 1. The van der Waals surface area contributed by atoms with Gasteiger partial charge in [0.05, 0.1) is 4.92 Å². The molecule has 0 aliphatic carbocycles. The van der Waals surface area contributed by atoms with E-state index >= 15 is 0 Å². The average molecular weight is 394 g/mol. The average Bonchev–Trinajstić information content (AvgIpc) is 3.16. The van der Waals surface area contributed by atoms with E-state index < -0.39 is 0 Å².